The van der Waals surface area contributed by atoms with Gasteiger partial charge in [0.25, 0.3) is 5.56 Å². The number of esters is 1. The lowest BCUT2D eigenvalue weighted by Crippen LogP contribution is -2.24. The number of rotatable bonds is 7. The van der Waals surface area contributed by atoms with Gasteiger partial charge < -0.3 is 9.47 Å². The van der Waals surface area contributed by atoms with Gasteiger partial charge in [0.2, 0.25) is 0 Å². The number of ether oxygens (including phenoxy) is 2. The van der Waals surface area contributed by atoms with Crippen molar-refractivity contribution in [3.63, 3.8) is 0 Å². The standard InChI is InChI=1S/C20H20N2O4S/c1-25-15-7-5-6-14(12-15)13-27-20-21-17-9-4-3-8-16(17)19(24)22(20)11-10-18(23)26-2/h3-9,12H,10-11,13H2,1-2H3. The highest BCUT2D eigenvalue weighted by molar-refractivity contribution is 7.98. The lowest BCUT2D eigenvalue weighted by Gasteiger charge is -2.13. The van der Waals surface area contributed by atoms with Crippen LogP contribution in [0.1, 0.15) is 12.0 Å². The number of methoxy groups -OCH3 is 2. The van der Waals surface area contributed by atoms with Gasteiger partial charge in [-0.1, -0.05) is 36.0 Å². The van der Waals surface area contributed by atoms with Crippen LogP contribution in [0.3, 0.4) is 0 Å². The molecule has 1 heterocycles. The topological polar surface area (TPSA) is 70.4 Å². The number of aromatic nitrogens is 2. The van der Waals surface area contributed by atoms with Crippen molar-refractivity contribution in [2.45, 2.75) is 23.9 Å². The molecule has 0 aliphatic heterocycles. The van der Waals surface area contributed by atoms with E-state index in [-0.39, 0.29) is 24.5 Å². The summed E-state index contributed by atoms with van der Waals surface area (Å²) in [7, 11) is 2.96. The van der Waals surface area contributed by atoms with Crippen molar-refractivity contribution in [2.75, 3.05) is 14.2 Å². The van der Waals surface area contributed by atoms with Crippen molar-refractivity contribution < 1.29 is 14.3 Å². The SMILES string of the molecule is COC(=O)CCn1c(SCc2cccc(OC)c2)nc2ccccc2c1=O. The molecule has 1 aromatic heterocycles. The largest absolute Gasteiger partial charge is 0.497 e. The normalized spacial score (nSPS) is 10.7. The van der Waals surface area contributed by atoms with Crippen molar-refractivity contribution in [1.82, 2.24) is 9.55 Å². The second-order valence-electron chi connectivity index (χ2n) is 5.83. The van der Waals surface area contributed by atoms with E-state index < -0.39 is 0 Å². The molecule has 7 heteroatoms. The predicted molar refractivity (Wildman–Crippen MR) is 105 cm³/mol. The molecule has 0 fully saturated rings. The summed E-state index contributed by atoms with van der Waals surface area (Å²) in [6.07, 6.45) is 0.114. The van der Waals surface area contributed by atoms with Gasteiger partial charge in [0.1, 0.15) is 5.75 Å². The fourth-order valence-electron chi connectivity index (χ4n) is 2.67. The van der Waals surface area contributed by atoms with Gasteiger partial charge in [-0.15, -0.1) is 0 Å². The molecule has 3 aromatic rings. The van der Waals surface area contributed by atoms with E-state index in [1.807, 2.05) is 36.4 Å². The Morgan fingerprint density at radius 1 is 1.15 bits per heavy atom. The molecule has 0 bridgehead atoms. The van der Waals surface area contributed by atoms with Crippen LogP contribution in [-0.4, -0.2) is 29.7 Å². The van der Waals surface area contributed by atoms with Gasteiger partial charge in [-0.05, 0) is 29.8 Å². The van der Waals surface area contributed by atoms with Crippen molar-refractivity contribution in [1.29, 1.82) is 0 Å². The molecule has 0 spiro atoms. The summed E-state index contributed by atoms with van der Waals surface area (Å²) in [5, 5.41) is 1.11. The van der Waals surface area contributed by atoms with Crippen molar-refractivity contribution >= 4 is 28.6 Å². The van der Waals surface area contributed by atoms with Crippen LogP contribution in [0.2, 0.25) is 0 Å². The van der Waals surface area contributed by atoms with E-state index in [1.165, 1.54) is 18.9 Å². The maximum atomic E-state index is 12.9. The van der Waals surface area contributed by atoms with E-state index in [0.29, 0.717) is 21.8 Å². The maximum Gasteiger partial charge on any atom is 0.307 e. The van der Waals surface area contributed by atoms with Crippen molar-refractivity contribution in [3.8, 4) is 5.75 Å². The summed E-state index contributed by atoms with van der Waals surface area (Å²) < 4.78 is 11.5. The Labute approximate surface area is 161 Å². The van der Waals surface area contributed by atoms with Crippen LogP contribution in [0, 0.1) is 0 Å². The number of carbonyl (C=O) groups excluding carboxylic acids is 1. The number of carbonyl (C=O) groups is 1. The number of benzene rings is 2. The van der Waals surface area contributed by atoms with E-state index in [0.717, 1.165) is 11.3 Å². The zero-order valence-electron chi connectivity index (χ0n) is 15.2. The molecule has 0 saturated heterocycles. The summed E-state index contributed by atoms with van der Waals surface area (Å²) in [5.74, 6) is 1.04. The van der Waals surface area contributed by atoms with Crippen LogP contribution in [-0.2, 0) is 21.8 Å². The van der Waals surface area contributed by atoms with Gasteiger partial charge in [0.15, 0.2) is 5.16 Å². The van der Waals surface area contributed by atoms with E-state index >= 15 is 0 Å². The summed E-state index contributed by atoms with van der Waals surface area (Å²) in [6, 6.07) is 15.0. The molecule has 0 N–H and O–H groups in total. The molecule has 3 rings (SSSR count). The molecule has 0 aliphatic rings. The minimum Gasteiger partial charge on any atom is -0.497 e. The highest BCUT2D eigenvalue weighted by Crippen LogP contribution is 2.24. The van der Waals surface area contributed by atoms with Crippen LogP contribution in [0.4, 0.5) is 0 Å². The van der Waals surface area contributed by atoms with Crippen LogP contribution in [0.15, 0.2) is 58.5 Å². The fraction of sp³-hybridized carbons (Fsp3) is 0.250. The van der Waals surface area contributed by atoms with Crippen molar-refractivity contribution in [3.05, 3.63) is 64.4 Å². The van der Waals surface area contributed by atoms with Crippen LogP contribution in [0.5, 0.6) is 5.75 Å². The molecule has 0 radical (unpaired) electrons. The first-order valence-corrected chi connectivity index (χ1v) is 9.43. The Hall–Kier alpha value is -2.80. The quantitative estimate of drug-likeness (QED) is 0.354. The minimum atomic E-state index is -0.362. The average molecular weight is 384 g/mol. The van der Waals surface area contributed by atoms with Gasteiger partial charge >= 0.3 is 5.97 Å². The molecular formula is C20H20N2O4S. The van der Waals surface area contributed by atoms with Crippen LogP contribution in [0.25, 0.3) is 10.9 Å². The summed E-state index contributed by atoms with van der Waals surface area (Å²) >= 11 is 1.45. The van der Waals surface area contributed by atoms with Gasteiger partial charge in [-0.3, -0.25) is 14.2 Å². The second kappa shape index (κ2) is 8.73. The molecule has 27 heavy (non-hydrogen) atoms. The van der Waals surface area contributed by atoms with Crippen molar-refractivity contribution in [2.24, 2.45) is 0 Å². The summed E-state index contributed by atoms with van der Waals surface area (Å²) in [4.78, 5) is 29.1. The summed E-state index contributed by atoms with van der Waals surface area (Å²) in [5.41, 5.74) is 1.55. The second-order valence-corrected chi connectivity index (χ2v) is 6.78. The van der Waals surface area contributed by atoms with Crippen LogP contribution >= 0.6 is 11.8 Å². The Bertz CT molecular complexity index is 1020. The third-order valence-corrected chi connectivity index (χ3v) is 5.14. The number of thioether (sulfide) groups is 1. The molecule has 0 amide bonds. The lowest BCUT2D eigenvalue weighted by atomic mass is 10.2. The molecule has 140 valence electrons. The number of hydrogen-bond donors (Lipinski definition) is 0. The molecule has 0 saturated carbocycles. The number of nitrogens with zero attached hydrogens (tertiary/aromatic N) is 2. The fourth-order valence-corrected chi connectivity index (χ4v) is 3.64. The molecule has 0 atom stereocenters. The van der Waals surface area contributed by atoms with Gasteiger partial charge in [-0.25, -0.2) is 4.98 Å². The van der Waals surface area contributed by atoms with Gasteiger partial charge in [-0.2, -0.15) is 0 Å². The van der Waals surface area contributed by atoms with E-state index in [1.54, 1.807) is 23.8 Å². The molecule has 0 unspecified atom stereocenters. The third-order valence-electron chi connectivity index (χ3n) is 4.10. The third kappa shape index (κ3) is 4.49. The Kier molecular flexibility index (Phi) is 6.13. The first kappa shape index (κ1) is 19.0. The Morgan fingerprint density at radius 3 is 2.74 bits per heavy atom. The highest BCUT2D eigenvalue weighted by atomic mass is 32.2. The minimum absolute atomic E-state index is 0.114. The molecule has 0 aliphatic carbocycles. The van der Waals surface area contributed by atoms with Gasteiger partial charge in [0, 0.05) is 12.3 Å². The Balaban J connectivity index is 1.93. The highest BCUT2D eigenvalue weighted by Gasteiger charge is 2.13. The lowest BCUT2D eigenvalue weighted by molar-refractivity contribution is -0.140. The van der Waals surface area contributed by atoms with E-state index in [9.17, 15) is 9.59 Å². The van der Waals surface area contributed by atoms with E-state index in [2.05, 4.69) is 4.98 Å². The Morgan fingerprint density at radius 2 is 1.96 bits per heavy atom. The number of para-hydroxylation sites is 1. The summed E-state index contributed by atoms with van der Waals surface area (Å²) in [6.45, 7) is 0.226. The average Bonchev–Trinajstić information content (AvgIpc) is 2.71. The number of fused-ring (bicyclic) bond motifs is 1. The zero-order chi connectivity index (χ0) is 19.2. The first-order chi connectivity index (χ1) is 13.1. The molecule has 6 nitrogen and oxygen atoms in total. The zero-order valence-corrected chi connectivity index (χ0v) is 16.0. The van der Waals surface area contributed by atoms with Gasteiger partial charge in [0.05, 0.1) is 31.5 Å². The van der Waals surface area contributed by atoms with Crippen LogP contribution < -0.4 is 10.3 Å². The monoisotopic (exact) mass is 384 g/mol. The first-order valence-electron chi connectivity index (χ1n) is 8.44. The molecule has 2 aromatic carbocycles. The number of hydrogen-bond acceptors (Lipinski definition) is 6. The molecular weight excluding hydrogens is 364 g/mol. The maximum absolute atomic E-state index is 12.9. The predicted octanol–water partition coefficient (Wildman–Crippen LogP) is 3.26. The smallest absolute Gasteiger partial charge is 0.307 e. The van der Waals surface area contributed by atoms with E-state index in [4.69, 9.17) is 9.47 Å².